The monoisotopic (exact) mass is 418 g/mol. The van der Waals surface area contributed by atoms with E-state index < -0.39 is 10.0 Å². The fourth-order valence-electron chi connectivity index (χ4n) is 5.01. The lowest BCUT2D eigenvalue weighted by Gasteiger charge is -2.38. The largest absolute Gasteiger partial charge is 0.361 e. The van der Waals surface area contributed by atoms with E-state index in [1.807, 2.05) is 6.20 Å². The number of aromatic amines is 1. The highest BCUT2D eigenvalue weighted by molar-refractivity contribution is 7.88. The Hall–Kier alpha value is -1.41. The molecule has 0 bridgehead atoms. The molecule has 1 atom stereocenters. The molecule has 6 nitrogen and oxygen atoms in total. The van der Waals surface area contributed by atoms with E-state index in [1.165, 1.54) is 43.1 Å². The lowest BCUT2D eigenvalue weighted by Crippen LogP contribution is -2.50. The molecule has 0 amide bonds. The first-order valence-electron chi connectivity index (χ1n) is 11.0. The van der Waals surface area contributed by atoms with Gasteiger partial charge in [0.1, 0.15) is 0 Å². The number of benzene rings is 1. The molecular formula is C22H34N4O2S. The van der Waals surface area contributed by atoms with Crippen LogP contribution in [0.3, 0.4) is 0 Å². The van der Waals surface area contributed by atoms with Crippen LogP contribution in [0, 0.1) is 0 Å². The van der Waals surface area contributed by atoms with Gasteiger partial charge in [0, 0.05) is 42.8 Å². The minimum absolute atomic E-state index is 0.0859. The molecule has 0 aliphatic carbocycles. The number of nitrogens with zero attached hydrogens (tertiary/aromatic N) is 3. The summed E-state index contributed by atoms with van der Waals surface area (Å²) in [6, 6.07) is 8.60. The maximum absolute atomic E-state index is 12.6. The number of hydrogen-bond acceptors (Lipinski definition) is 4. The second-order valence-corrected chi connectivity index (χ2v) is 10.6. The van der Waals surface area contributed by atoms with Gasteiger partial charge >= 0.3 is 0 Å². The zero-order chi connectivity index (χ0) is 20.3. The number of piperidine rings is 1. The Morgan fingerprint density at radius 2 is 1.90 bits per heavy atom. The molecule has 2 saturated heterocycles. The highest BCUT2D eigenvalue weighted by atomic mass is 32.2. The molecule has 1 aromatic heterocycles. The number of nitrogens with one attached hydrogen (secondary N) is 1. The van der Waals surface area contributed by atoms with Crippen LogP contribution in [0.25, 0.3) is 10.9 Å². The molecule has 2 fully saturated rings. The van der Waals surface area contributed by atoms with E-state index in [2.05, 4.69) is 39.0 Å². The van der Waals surface area contributed by atoms with Crippen LogP contribution >= 0.6 is 0 Å². The third kappa shape index (κ3) is 5.20. The van der Waals surface area contributed by atoms with Crippen molar-refractivity contribution >= 4 is 20.9 Å². The Kier molecular flexibility index (Phi) is 6.59. The molecule has 2 aromatic rings. The molecule has 160 valence electrons. The summed E-state index contributed by atoms with van der Waals surface area (Å²) >= 11 is 0. The van der Waals surface area contributed by atoms with Crippen molar-refractivity contribution in [3.05, 3.63) is 36.0 Å². The predicted octanol–water partition coefficient (Wildman–Crippen LogP) is 2.88. The maximum Gasteiger partial charge on any atom is 0.211 e. The van der Waals surface area contributed by atoms with Gasteiger partial charge in [-0.05, 0) is 76.0 Å². The normalized spacial score (nSPS) is 22.1. The molecule has 2 aliphatic rings. The fraction of sp³-hybridized carbons (Fsp3) is 0.636. The van der Waals surface area contributed by atoms with E-state index in [-0.39, 0.29) is 6.04 Å². The molecular weight excluding hydrogens is 384 g/mol. The average molecular weight is 419 g/mol. The van der Waals surface area contributed by atoms with Gasteiger partial charge < -0.3 is 9.88 Å². The summed E-state index contributed by atoms with van der Waals surface area (Å²) in [6.07, 6.45) is 8.85. The summed E-state index contributed by atoms with van der Waals surface area (Å²) < 4.78 is 26.9. The lowest BCUT2D eigenvalue weighted by molar-refractivity contribution is 0.140. The van der Waals surface area contributed by atoms with Gasteiger partial charge in [0.2, 0.25) is 10.0 Å². The van der Waals surface area contributed by atoms with Crippen LogP contribution < -0.4 is 0 Å². The highest BCUT2D eigenvalue weighted by Crippen LogP contribution is 2.24. The predicted molar refractivity (Wildman–Crippen MR) is 118 cm³/mol. The Morgan fingerprint density at radius 3 is 2.69 bits per heavy atom. The number of likely N-dealkylation sites (tertiary alicyclic amines) is 2. The Labute approximate surface area is 174 Å². The van der Waals surface area contributed by atoms with Gasteiger partial charge in [0.25, 0.3) is 0 Å². The number of aromatic nitrogens is 1. The van der Waals surface area contributed by atoms with Crippen molar-refractivity contribution in [2.45, 2.75) is 44.7 Å². The van der Waals surface area contributed by atoms with Crippen LogP contribution in [0.5, 0.6) is 0 Å². The minimum atomic E-state index is -3.20. The molecule has 3 heterocycles. The van der Waals surface area contributed by atoms with Crippen molar-refractivity contribution in [2.75, 3.05) is 45.5 Å². The first-order valence-corrected chi connectivity index (χ1v) is 12.8. The molecule has 1 N–H and O–H groups in total. The van der Waals surface area contributed by atoms with Gasteiger partial charge in [0.15, 0.2) is 0 Å². The van der Waals surface area contributed by atoms with E-state index in [4.69, 9.17) is 0 Å². The van der Waals surface area contributed by atoms with Crippen molar-refractivity contribution in [1.29, 1.82) is 0 Å². The first kappa shape index (κ1) is 20.8. The van der Waals surface area contributed by atoms with E-state index in [0.29, 0.717) is 6.54 Å². The number of H-pyrrole nitrogens is 1. The topological polar surface area (TPSA) is 59.7 Å². The van der Waals surface area contributed by atoms with E-state index in [1.54, 1.807) is 4.31 Å². The first-order chi connectivity index (χ1) is 14.0. The van der Waals surface area contributed by atoms with Gasteiger partial charge in [-0.2, -0.15) is 4.31 Å². The molecule has 2 aliphatic heterocycles. The van der Waals surface area contributed by atoms with Crippen LogP contribution in [-0.2, 0) is 16.6 Å². The molecule has 1 unspecified atom stereocenters. The van der Waals surface area contributed by atoms with Gasteiger partial charge in [-0.15, -0.1) is 0 Å². The van der Waals surface area contributed by atoms with Gasteiger partial charge in [-0.25, -0.2) is 8.42 Å². The molecule has 0 spiro atoms. The van der Waals surface area contributed by atoms with E-state index >= 15 is 0 Å². The SMILES string of the molecule is CS(=O)(=O)N(CCCN1CCCC1)C1CCCN(Cc2cccc3[nH]ccc23)C1. The second-order valence-electron chi connectivity index (χ2n) is 8.66. The Balaban J connectivity index is 1.39. The molecule has 29 heavy (non-hydrogen) atoms. The van der Waals surface area contributed by atoms with E-state index in [0.717, 1.165) is 51.0 Å². The summed E-state index contributed by atoms with van der Waals surface area (Å²) in [5, 5.41) is 1.26. The van der Waals surface area contributed by atoms with Crippen LogP contribution in [0.15, 0.2) is 30.5 Å². The van der Waals surface area contributed by atoms with Crippen LogP contribution in [0.2, 0.25) is 0 Å². The smallest absolute Gasteiger partial charge is 0.211 e. The van der Waals surface area contributed by atoms with Crippen molar-refractivity contribution in [2.24, 2.45) is 0 Å². The minimum Gasteiger partial charge on any atom is -0.361 e. The molecule has 0 radical (unpaired) electrons. The molecule has 0 saturated carbocycles. The van der Waals surface area contributed by atoms with Crippen molar-refractivity contribution < 1.29 is 8.42 Å². The third-order valence-electron chi connectivity index (χ3n) is 6.44. The number of hydrogen-bond donors (Lipinski definition) is 1. The fourth-order valence-corrected chi connectivity index (χ4v) is 6.19. The van der Waals surface area contributed by atoms with Gasteiger partial charge in [-0.3, -0.25) is 4.90 Å². The third-order valence-corrected chi connectivity index (χ3v) is 7.78. The van der Waals surface area contributed by atoms with Crippen LogP contribution in [0.1, 0.15) is 37.7 Å². The quantitative estimate of drug-likeness (QED) is 0.716. The molecule has 4 rings (SSSR count). The standard InChI is InChI=1S/C22H34N4O2S/c1-29(27,28)26(16-6-15-24-12-2-3-13-24)20-8-5-14-25(18-20)17-19-7-4-9-22-21(19)10-11-23-22/h4,7,9-11,20,23H,2-3,5-6,8,12-18H2,1H3. The number of sulfonamides is 1. The summed E-state index contributed by atoms with van der Waals surface area (Å²) in [5.41, 5.74) is 2.47. The molecule has 7 heteroatoms. The second kappa shape index (κ2) is 9.16. The van der Waals surface area contributed by atoms with Crippen LogP contribution in [0.4, 0.5) is 0 Å². The van der Waals surface area contributed by atoms with Crippen molar-refractivity contribution in [3.8, 4) is 0 Å². The average Bonchev–Trinajstić information content (AvgIpc) is 3.36. The lowest BCUT2D eigenvalue weighted by atomic mass is 10.0. The Bertz CT molecular complexity index is 904. The van der Waals surface area contributed by atoms with Gasteiger partial charge in [-0.1, -0.05) is 12.1 Å². The summed E-state index contributed by atoms with van der Waals surface area (Å²) in [7, 11) is -3.20. The number of rotatable bonds is 8. The van der Waals surface area contributed by atoms with Crippen LogP contribution in [-0.4, -0.2) is 79.1 Å². The zero-order valence-corrected chi connectivity index (χ0v) is 18.3. The Morgan fingerprint density at radius 1 is 1.10 bits per heavy atom. The van der Waals surface area contributed by atoms with Gasteiger partial charge in [0.05, 0.1) is 6.26 Å². The highest BCUT2D eigenvalue weighted by Gasteiger charge is 2.31. The van der Waals surface area contributed by atoms with Crippen molar-refractivity contribution in [1.82, 2.24) is 19.1 Å². The summed E-state index contributed by atoms with van der Waals surface area (Å²) in [4.78, 5) is 8.17. The van der Waals surface area contributed by atoms with E-state index in [9.17, 15) is 8.42 Å². The maximum atomic E-state index is 12.6. The van der Waals surface area contributed by atoms with Crippen molar-refractivity contribution in [3.63, 3.8) is 0 Å². The number of fused-ring (bicyclic) bond motifs is 1. The molecule has 1 aromatic carbocycles. The summed E-state index contributed by atoms with van der Waals surface area (Å²) in [5.74, 6) is 0. The summed E-state index contributed by atoms with van der Waals surface area (Å²) in [6.45, 7) is 6.71. The zero-order valence-electron chi connectivity index (χ0n) is 17.5.